The largest absolute Gasteiger partial charge is 0.382 e. The standard InChI is InChI=1S/C21H30N5O3PS2/c1-5-14-15(9-17(27-14)26-11-25-18-19(22)23-10-24-20(18)26)28-30(31)29-16-8-13(12(2)3)6-7-21(16,4)32-30/h10-11,13-17H,2,5-9H2,1,3-4H3,(H2,22,23,24)/t13-,14-,15+,16+,17-,21+,30-/m1/s1. The van der Waals surface area contributed by atoms with Crippen molar-refractivity contribution in [3.05, 3.63) is 24.8 Å². The highest BCUT2D eigenvalue weighted by atomic mass is 32.9. The lowest BCUT2D eigenvalue weighted by Crippen LogP contribution is -2.39. The Labute approximate surface area is 197 Å². The minimum absolute atomic E-state index is 0.0110. The predicted octanol–water partition coefficient (Wildman–Crippen LogP) is 4.98. The molecule has 11 heteroatoms. The average Bonchev–Trinajstić information content (AvgIpc) is 3.40. The SMILES string of the molecule is C=C(C)[C@@H]1CC[C@]2(C)S[P@](=S)(O[C@H]3C[C@H](n4cnc5c(N)ncnc54)O[C@@H]3CC)O[C@H]2C1. The minimum atomic E-state index is -2.49. The van der Waals surface area contributed by atoms with Gasteiger partial charge in [0.15, 0.2) is 11.5 Å². The Bertz CT molecular complexity index is 1100. The average molecular weight is 496 g/mol. The van der Waals surface area contributed by atoms with Gasteiger partial charge in [0.2, 0.25) is 5.69 Å². The van der Waals surface area contributed by atoms with Crippen LogP contribution in [0.2, 0.25) is 0 Å². The van der Waals surface area contributed by atoms with E-state index in [1.54, 1.807) is 17.7 Å². The molecule has 8 nitrogen and oxygen atoms in total. The van der Waals surface area contributed by atoms with Gasteiger partial charge < -0.3 is 19.5 Å². The number of imidazole rings is 1. The molecule has 2 aromatic heterocycles. The van der Waals surface area contributed by atoms with Gasteiger partial charge in [0.1, 0.15) is 18.1 Å². The molecule has 0 amide bonds. The minimum Gasteiger partial charge on any atom is -0.382 e. The van der Waals surface area contributed by atoms with Crippen molar-refractivity contribution >= 4 is 45.9 Å². The fraction of sp³-hybridized carbons (Fsp3) is 0.667. The Kier molecular flexibility index (Phi) is 5.92. The Morgan fingerprint density at radius 2 is 2.25 bits per heavy atom. The van der Waals surface area contributed by atoms with E-state index in [4.69, 9.17) is 31.3 Å². The molecule has 174 valence electrons. The van der Waals surface area contributed by atoms with Crippen molar-refractivity contribution in [3.8, 4) is 0 Å². The van der Waals surface area contributed by atoms with Crippen LogP contribution < -0.4 is 5.73 Å². The molecular formula is C21H30N5O3PS2. The van der Waals surface area contributed by atoms with Crippen LogP contribution in [0, 0.1) is 5.92 Å². The molecule has 0 radical (unpaired) electrons. The van der Waals surface area contributed by atoms with Crippen LogP contribution in [0.25, 0.3) is 11.2 Å². The topological polar surface area (TPSA) is 97.3 Å². The summed E-state index contributed by atoms with van der Waals surface area (Å²) in [6.07, 6.45) is 7.49. The summed E-state index contributed by atoms with van der Waals surface area (Å²) in [6, 6.07) is 0. The van der Waals surface area contributed by atoms with Crippen molar-refractivity contribution in [2.75, 3.05) is 5.73 Å². The molecule has 3 aliphatic rings. The molecule has 0 aromatic carbocycles. The maximum Gasteiger partial charge on any atom is 0.248 e. The molecule has 2 aromatic rings. The van der Waals surface area contributed by atoms with Gasteiger partial charge in [-0.15, -0.1) is 0 Å². The van der Waals surface area contributed by atoms with Gasteiger partial charge in [-0.3, -0.25) is 4.57 Å². The molecule has 1 aliphatic carbocycles. The molecule has 7 atom stereocenters. The van der Waals surface area contributed by atoms with Crippen LogP contribution in [0.1, 0.15) is 59.1 Å². The van der Waals surface area contributed by atoms with Crippen molar-refractivity contribution in [1.29, 1.82) is 0 Å². The second kappa shape index (κ2) is 8.32. The van der Waals surface area contributed by atoms with E-state index in [0.717, 1.165) is 25.7 Å². The van der Waals surface area contributed by atoms with Gasteiger partial charge in [-0.05, 0) is 57.3 Å². The zero-order valence-electron chi connectivity index (χ0n) is 18.6. The fourth-order valence-electron chi connectivity index (χ4n) is 5.02. The normalized spacial score (nSPS) is 39.4. The molecule has 3 fully saturated rings. The maximum atomic E-state index is 6.61. The van der Waals surface area contributed by atoms with E-state index in [9.17, 15) is 0 Å². The first kappa shape index (κ1) is 22.7. The summed E-state index contributed by atoms with van der Waals surface area (Å²) in [4.78, 5) is 12.8. The van der Waals surface area contributed by atoms with Crippen LogP contribution in [0.15, 0.2) is 24.8 Å². The van der Waals surface area contributed by atoms with Gasteiger partial charge in [-0.25, -0.2) is 15.0 Å². The number of nitrogen functional groups attached to an aromatic ring is 1. The summed E-state index contributed by atoms with van der Waals surface area (Å²) in [5.41, 5.74) is 5.94. The van der Waals surface area contributed by atoms with Gasteiger partial charge in [-0.2, -0.15) is 0 Å². The Morgan fingerprint density at radius 1 is 1.44 bits per heavy atom. The quantitative estimate of drug-likeness (QED) is 0.455. The third kappa shape index (κ3) is 3.93. The summed E-state index contributed by atoms with van der Waals surface area (Å²) in [7, 11) is 0. The Morgan fingerprint density at radius 3 is 3.00 bits per heavy atom. The van der Waals surface area contributed by atoms with E-state index >= 15 is 0 Å². The van der Waals surface area contributed by atoms with Crippen LogP contribution in [0.3, 0.4) is 0 Å². The summed E-state index contributed by atoms with van der Waals surface area (Å²) in [6.45, 7) is 10.7. The van der Waals surface area contributed by atoms with Gasteiger partial charge in [0.25, 0.3) is 0 Å². The zero-order chi connectivity index (χ0) is 22.7. The summed E-state index contributed by atoms with van der Waals surface area (Å²) in [5.74, 6) is 0.864. The molecule has 0 spiro atoms. The molecule has 4 heterocycles. The van der Waals surface area contributed by atoms with Crippen molar-refractivity contribution in [2.45, 2.75) is 82.2 Å². The molecular weight excluding hydrogens is 465 g/mol. The van der Waals surface area contributed by atoms with Crippen LogP contribution in [0.5, 0.6) is 0 Å². The molecule has 1 saturated carbocycles. The summed E-state index contributed by atoms with van der Waals surface area (Å²) >= 11 is 7.78. The zero-order valence-corrected chi connectivity index (χ0v) is 21.2. The molecule has 2 aliphatic heterocycles. The smallest absolute Gasteiger partial charge is 0.248 e. The first-order valence-corrected chi connectivity index (χ1v) is 15.2. The number of aromatic nitrogens is 4. The number of ether oxygens (including phenoxy) is 1. The summed E-state index contributed by atoms with van der Waals surface area (Å²) < 4.78 is 21.4. The van der Waals surface area contributed by atoms with Gasteiger partial charge >= 0.3 is 0 Å². The molecule has 2 N–H and O–H groups in total. The molecule has 32 heavy (non-hydrogen) atoms. The predicted molar refractivity (Wildman–Crippen MR) is 131 cm³/mol. The number of nitrogens with two attached hydrogens (primary N) is 1. The van der Waals surface area contributed by atoms with Gasteiger partial charge in [0.05, 0.1) is 24.6 Å². The van der Waals surface area contributed by atoms with Gasteiger partial charge in [-0.1, -0.05) is 30.5 Å². The number of nitrogens with zero attached hydrogens (tertiary/aromatic N) is 4. The monoisotopic (exact) mass is 495 g/mol. The third-order valence-electron chi connectivity index (χ3n) is 6.99. The number of hydrogen-bond donors (Lipinski definition) is 1. The molecule has 2 saturated heterocycles. The molecule has 0 unspecified atom stereocenters. The number of rotatable bonds is 5. The van der Waals surface area contributed by atoms with Gasteiger partial charge in [0, 0.05) is 11.2 Å². The Balaban J connectivity index is 1.33. The molecule has 0 bridgehead atoms. The van der Waals surface area contributed by atoms with E-state index in [0.29, 0.717) is 29.3 Å². The van der Waals surface area contributed by atoms with Crippen molar-refractivity contribution in [2.24, 2.45) is 5.92 Å². The van der Waals surface area contributed by atoms with Crippen LogP contribution in [-0.2, 0) is 25.6 Å². The number of allylic oxidation sites excluding steroid dienone is 1. The highest BCUT2D eigenvalue weighted by Gasteiger charge is 2.54. The number of fused-ring (bicyclic) bond motifs is 2. The third-order valence-corrected chi connectivity index (χ3v) is 12.8. The fourth-order valence-corrected chi connectivity index (χ4v) is 12.6. The number of anilines is 1. The second-order valence-corrected chi connectivity index (χ2v) is 15.8. The van der Waals surface area contributed by atoms with Crippen LogP contribution >= 0.6 is 17.1 Å². The molecule has 5 rings (SSSR count). The number of hydrogen-bond acceptors (Lipinski definition) is 9. The van der Waals surface area contributed by atoms with E-state index in [2.05, 4.69) is 42.3 Å². The maximum absolute atomic E-state index is 6.61. The highest BCUT2D eigenvalue weighted by molar-refractivity contribution is 8.68. The Hall–Kier alpha value is -1.03. The van der Waals surface area contributed by atoms with Crippen molar-refractivity contribution in [3.63, 3.8) is 0 Å². The van der Waals surface area contributed by atoms with Crippen LogP contribution in [-0.4, -0.2) is 42.6 Å². The van der Waals surface area contributed by atoms with E-state index < -0.39 is 5.69 Å². The first-order chi connectivity index (χ1) is 15.2. The second-order valence-electron chi connectivity index (χ2n) is 9.26. The lowest BCUT2D eigenvalue weighted by Gasteiger charge is -2.37. The summed E-state index contributed by atoms with van der Waals surface area (Å²) in [5, 5.41) is 0. The first-order valence-electron chi connectivity index (χ1n) is 11.1. The lowest BCUT2D eigenvalue weighted by atomic mass is 9.77. The van der Waals surface area contributed by atoms with E-state index in [1.165, 1.54) is 11.9 Å². The van der Waals surface area contributed by atoms with Crippen molar-refractivity contribution < 1.29 is 13.8 Å². The van der Waals surface area contributed by atoms with Crippen molar-refractivity contribution in [1.82, 2.24) is 19.5 Å². The highest BCUT2D eigenvalue weighted by Crippen LogP contribution is 2.76. The van der Waals surface area contributed by atoms with E-state index in [1.807, 2.05) is 4.57 Å². The lowest BCUT2D eigenvalue weighted by molar-refractivity contribution is -0.0151. The van der Waals surface area contributed by atoms with Crippen LogP contribution in [0.4, 0.5) is 5.82 Å². The van der Waals surface area contributed by atoms with E-state index in [-0.39, 0.29) is 29.3 Å².